The van der Waals surface area contributed by atoms with Gasteiger partial charge >= 0.3 is 11.9 Å². The Morgan fingerprint density at radius 3 is 2.06 bits per heavy atom. The van der Waals surface area contributed by atoms with Crippen molar-refractivity contribution in [3.05, 3.63) is 77.9 Å². The number of benzene rings is 2. The minimum Gasteiger partial charge on any atom is -0.490 e. The van der Waals surface area contributed by atoms with Gasteiger partial charge < -0.3 is 18.9 Å². The largest absolute Gasteiger partial charge is 0.490 e. The highest BCUT2D eigenvalue weighted by molar-refractivity contribution is 5.88. The van der Waals surface area contributed by atoms with Crippen LogP contribution in [0.4, 0.5) is 0 Å². The molecule has 2 aliphatic carbocycles. The number of rotatable bonds is 19. The Hall–Kier alpha value is -3.38. The molecule has 268 valence electrons. The number of aryl methyl sites for hydroxylation is 1. The van der Waals surface area contributed by atoms with Gasteiger partial charge in [-0.25, -0.2) is 9.59 Å². The van der Waals surface area contributed by atoms with Crippen LogP contribution in [0.15, 0.2) is 66.8 Å². The lowest BCUT2D eigenvalue weighted by molar-refractivity contribution is -0.140. The normalized spacial score (nSPS) is 20.7. The number of carbonyl (C=O) groups excluding carboxylic acids is 2. The van der Waals surface area contributed by atoms with E-state index >= 15 is 0 Å². The van der Waals surface area contributed by atoms with Gasteiger partial charge in [0.15, 0.2) is 0 Å². The molecule has 0 radical (unpaired) electrons. The molecule has 2 aliphatic rings. The van der Waals surface area contributed by atoms with Crippen molar-refractivity contribution in [2.75, 3.05) is 33.5 Å². The van der Waals surface area contributed by atoms with Gasteiger partial charge in [0.1, 0.15) is 19.0 Å². The molecule has 0 unspecified atom stereocenters. The average Bonchev–Trinajstić information content (AvgIpc) is 3.12. The lowest BCUT2D eigenvalue weighted by Crippen LogP contribution is -2.25. The molecule has 0 saturated heterocycles. The summed E-state index contributed by atoms with van der Waals surface area (Å²) in [4.78, 5) is 23.8. The van der Waals surface area contributed by atoms with Crippen LogP contribution >= 0.6 is 0 Å². The summed E-state index contributed by atoms with van der Waals surface area (Å²) in [5.41, 5.74) is 5.54. The Labute approximate surface area is 295 Å². The van der Waals surface area contributed by atoms with Crippen molar-refractivity contribution in [1.82, 2.24) is 0 Å². The fraction of sp³-hybridized carbons (Fsp3) is 0.581. The summed E-state index contributed by atoms with van der Waals surface area (Å²) in [7, 11) is 1.53. The fourth-order valence-electron chi connectivity index (χ4n) is 7.76. The van der Waals surface area contributed by atoms with Gasteiger partial charge in [-0.05, 0) is 116 Å². The third-order valence-electron chi connectivity index (χ3n) is 10.7. The van der Waals surface area contributed by atoms with Crippen LogP contribution in [0.1, 0.15) is 114 Å². The topological polar surface area (TPSA) is 71.1 Å². The second kappa shape index (κ2) is 20.3. The molecular formula is C43H60O6. The lowest BCUT2D eigenvalue weighted by atomic mass is 9.67. The molecule has 0 spiro atoms. The van der Waals surface area contributed by atoms with E-state index in [1.165, 1.54) is 106 Å². The van der Waals surface area contributed by atoms with Crippen LogP contribution in [0, 0.1) is 17.8 Å². The SMILES string of the molecule is C=C(C)C(=O)OCCOc1ccc(-c2ccc(CCCOC(=O)C(=C)COC)cc2)cc1C1CCC(C2CCC(CCCCC)CC2)CC1. The number of methoxy groups -OCH3 is 1. The van der Waals surface area contributed by atoms with Gasteiger partial charge in [-0.1, -0.05) is 88.9 Å². The summed E-state index contributed by atoms with van der Waals surface area (Å²) in [6.45, 7) is 12.4. The standard InChI is InChI=1S/C43H60O6/c1-6-7-8-10-33-12-16-35(17-13-33)36-20-22-38(23-21-36)40-29-39(24-25-41(40)47-27-28-49-42(44)31(2)3)37-18-14-34(15-19-37)11-9-26-48-43(45)32(4)30-46-5/h14-15,18-19,24-25,29,33,35-36,38H,2,4,6-13,16-17,20-23,26-28,30H2,1,3,5H3. The molecule has 6 nitrogen and oxygen atoms in total. The zero-order valence-corrected chi connectivity index (χ0v) is 30.4. The number of ether oxygens (including phenoxy) is 4. The molecule has 6 heteroatoms. The van der Waals surface area contributed by atoms with E-state index in [1.807, 2.05) is 0 Å². The number of hydrogen-bond donors (Lipinski definition) is 0. The molecule has 0 amide bonds. The maximum Gasteiger partial charge on any atom is 0.335 e. The third-order valence-corrected chi connectivity index (χ3v) is 10.7. The van der Waals surface area contributed by atoms with E-state index in [9.17, 15) is 9.59 Å². The number of unbranched alkanes of at least 4 members (excludes halogenated alkanes) is 2. The summed E-state index contributed by atoms with van der Waals surface area (Å²) >= 11 is 0. The maximum atomic E-state index is 11.9. The minimum atomic E-state index is -0.401. The van der Waals surface area contributed by atoms with Crippen LogP contribution in [0.2, 0.25) is 0 Å². The van der Waals surface area contributed by atoms with Crippen molar-refractivity contribution in [1.29, 1.82) is 0 Å². The molecule has 0 N–H and O–H groups in total. The van der Waals surface area contributed by atoms with Crippen LogP contribution in [0.5, 0.6) is 5.75 Å². The number of carbonyl (C=O) groups is 2. The molecule has 0 atom stereocenters. The highest BCUT2D eigenvalue weighted by atomic mass is 16.6. The van der Waals surface area contributed by atoms with E-state index in [-0.39, 0.29) is 19.2 Å². The Balaban J connectivity index is 1.36. The van der Waals surface area contributed by atoms with Crippen molar-refractivity contribution in [3.8, 4) is 16.9 Å². The van der Waals surface area contributed by atoms with Crippen LogP contribution < -0.4 is 4.74 Å². The van der Waals surface area contributed by atoms with Gasteiger partial charge in [-0.3, -0.25) is 0 Å². The predicted molar refractivity (Wildman–Crippen MR) is 198 cm³/mol. The molecule has 2 fully saturated rings. The molecule has 49 heavy (non-hydrogen) atoms. The molecular weight excluding hydrogens is 612 g/mol. The Bertz CT molecular complexity index is 1340. The molecule has 0 heterocycles. The molecule has 2 saturated carbocycles. The van der Waals surface area contributed by atoms with Gasteiger partial charge in [0.05, 0.1) is 18.8 Å². The van der Waals surface area contributed by atoms with Gasteiger partial charge in [-0.2, -0.15) is 0 Å². The molecule has 2 aromatic carbocycles. The van der Waals surface area contributed by atoms with E-state index in [4.69, 9.17) is 18.9 Å². The Morgan fingerprint density at radius 1 is 0.755 bits per heavy atom. The van der Waals surface area contributed by atoms with Crippen LogP contribution in [-0.4, -0.2) is 45.5 Å². The monoisotopic (exact) mass is 672 g/mol. The second-order valence-corrected chi connectivity index (χ2v) is 14.4. The maximum absolute atomic E-state index is 11.9. The van der Waals surface area contributed by atoms with Crippen molar-refractivity contribution in [3.63, 3.8) is 0 Å². The highest BCUT2D eigenvalue weighted by Gasteiger charge is 2.32. The summed E-state index contributed by atoms with van der Waals surface area (Å²) in [5, 5.41) is 0. The third kappa shape index (κ3) is 12.2. The molecule has 0 aliphatic heterocycles. The first kappa shape index (κ1) is 38.4. The van der Waals surface area contributed by atoms with E-state index in [1.54, 1.807) is 6.92 Å². The highest BCUT2D eigenvalue weighted by Crippen LogP contribution is 2.46. The fourth-order valence-corrected chi connectivity index (χ4v) is 7.76. The summed E-state index contributed by atoms with van der Waals surface area (Å²) in [6.07, 6.45) is 17.8. The summed E-state index contributed by atoms with van der Waals surface area (Å²) in [6, 6.07) is 15.2. The van der Waals surface area contributed by atoms with Crippen molar-refractivity contribution in [2.45, 2.75) is 110 Å². The summed E-state index contributed by atoms with van der Waals surface area (Å²) < 4.78 is 21.8. The van der Waals surface area contributed by atoms with E-state index in [0.717, 1.165) is 36.3 Å². The second-order valence-electron chi connectivity index (χ2n) is 14.4. The number of esters is 2. The van der Waals surface area contributed by atoms with Crippen molar-refractivity contribution >= 4 is 11.9 Å². The van der Waals surface area contributed by atoms with Gasteiger partial charge in [0.25, 0.3) is 0 Å². The predicted octanol–water partition coefficient (Wildman–Crippen LogP) is 10.2. The zero-order chi connectivity index (χ0) is 35.0. The van der Waals surface area contributed by atoms with Gasteiger partial charge in [0.2, 0.25) is 0 Å². The Kier molecular flexibility index (Phi) is 15.9. The summed E-state index contributed by atoms with van der Waals surface area (Å²) in [5.74, 6) is 3.27. The van der Waals surface area contributed by atoms with Crippen LogP contribution in [0.3, 0.4) is 0 Å². The number of hydrogen-bond acceptors (Lipinski definition) is 6. The minimum absolute atomic E-state index is 0.182. The quantitative estimate of drug-likeness (QED) is 0.0840. The molecule has 2 aromatic rings. The van der Waals surface area contributed by atoms with E-state index in [2.05, 4.69) is 62.5 Å². The molecule has 4 rings (SSSR count). The van der Waals surface area contributed by atoms with Crippen LogP contribution in [0.25, 0.3) is 11.1 Å². The zero-order valence-electron chi connectivity index (χ0n) is 30.4. The van der Waals surface area contributed by atoms with Gasteiger partial charge in [0, 0.05) is 12.7 Å². The van der Waals surface area contributed by atoms with E-state index < -0.39 is 5.97 Å². The lowest BCUT2D eigenvalue weighted by Gasteiger charge is -2.38. The first-order valence-corrected chi connectivity index (χ1v) is 18.8. The first-order valence-electron chi connectivity index (χ1n) is 18.8. The van der Waals surface area contributed by atoms with Crippen molar-refractivity contribution in [2.24, 2.45) is 17.8 Å². The van der Waals surface area contributed by atoms with Gasteiger partial charge in [-0.15, -0.1) is 0 Å². The van der Waals surface area contributed by atoms with E-state index in [0.29, 0.717) is 30.3 Å². The molecule has 0 aromatic heterocycles. The average molecular weight is 673 g/mol. The Morgan fingerprint density at radius 2 is 1.41 bits per heavy atom. The van der Waals surface area contributed by atoms with Crippen molar-refractivity contribution < 1.29 is 28.5 Å². The first-order chi connectivity index (χ1) is 23.8. The van der Waals surface area contributed by atoms with Crippen LogP contribution in [-0.2, 0) is 30.2 Å². The smallest absolute Gasteiger partial charge is 0.335 e. The molecule has 0 bridgehead atoms.